The maximum absolute atomic E-state index is 12.2. The molecule has 2 rings (SSSR count). The van der Waals surface area contributed by atoms with Crippen molar-refractivity contribution in [2.45, 2.75) is 18.4 Å². The molecule has 162 valence electrons. The van der Waals surface area contributed by atoms with Crippen LogP contribution in [0.25, 0.3) is 0 Å². The minimum Gasteiger partial charge on any atom is -0.494 e. The largest absolute Gasteiger partial charge is 0.494 e. The van der Waals surface area contributed by atoms with E-state index in [1.807, 2.05) is 31.2 Å². The van der Waals surface area contributed by atoms with Gasteiger partial charge in [-0.3, -0.25) is 9.59 Å². The topological polar surface area (TPSA) is 102 Å². The summed E-state index contributed by atoms with van der Waals surface area (Å²) in [7, 11) is -2.28. The number of sulfonamides is 1. The number of amides is 1. The van der Waals surface area contributed by atoms with Gasteiger partial charge in [-0.25, -0.2) is 8.42 Å². The zero-order chi connectivity index (χ0) is 22.1. The van der Waals surface area contributed by atoms with E-state index < -0.39 is 35.1 Å². The van der Waals surface area contributed by atoms with Gasteiger partial charge in [-0.15, -0.1) is 0 Å². The average molecular weight is 499 g/mol. The van der Waals surface area contributed by atoms with Gasteiger partial charge in [-0.05, 0) is 42.8 Å². The molecule has 1 amide bonds. The van der Waals surface area contributed by atoms with Gasteiger partial charge in [0.15, 0.2) is 6.61 Å². The Morgan fingerprint density at radius 2 is 1.83 bits per heavy atom. The lowest BCUT2D eigenvalue weighted by atomic mass is 10.2. The van der Waals surface area contributed by atoms with E-state index in [9.17, 15) is 18.0 Å². The molecule has 0 bridgehead atoms. The lowest BCUT2D eigenvalue weighted by Gasteiger charge is -2.17. The highest BCUT2D eigenvalue weighted by atomic mass is 79.9. The fourth-order valence-corrected chi connectivity index (χ4v) is 3.96. The third-order valence-electron chi connectivity index (χ3n) is 3.95. The van der Waals surface area contributed by atoms with E-state index in [1.165, 1.54) is 17.0 Å². The maximum atomic E-state index is 12.2. The van der Waals surface area contributed by atoms with Crippen molar-refractivity contribution in [3.05, 3.63) is 58.6 Å². The van der Waals surface area contributed by atoms with Crippen LogP contribution in [0, 0.1) is 0 Å². The van der Waals surface area contributed by atoms with Crippen molar-refractivity contribution in [2.75, 3.05) is 26.8 Å². The summed E-state index contributed by atoms with van der Waals surface area (Å²) in [5.74, 6) is -0.516. The molecule has 0 aliphatic rings. The summed E-state index contributed by atoms with van der Waals surface area (Å²) in [6.07, 6.45) is 0. The molecule has 0 heterocycles. The van der Waals surface area contributed by atoms with E-state index in [1.54, 1.807) is 19.2 Å². The molecule has 0 atom stereocenters. The average Bonchev–Trinajstić information content (AvgIpc) is 2.72. The molecule has 0 spiro atoms. The second kappa shape index (κ2) is 11.1. The van der Waals surface area contributed by atoms with Gasteiger partial charge in [0.2, 0.25) is 10.0 Å². The Balaban J connectivity index is 1.78. The summed E-state index contributed by atoms with van der Waals surface area (Å²) < 4.78 is 37.4. The first-order chi connectivity index (χ1) is 14.2. The number of carbonyl (C=O) groups excluding carboxylic acids is 2. The van der Waals surface area contributed by atoms with Gasteiger partial charge in [-0.1, -0.05) is 34.1 Å². The van der Waals surface area contributed by atoms with Crippen LogP contribution < -0.4 is 9.46 Å². The quantitative estimate of drug-likeness (QED) is 0.504. The predicted octanol–water partition coefficient (Wildman–Crippen LogP) is 2.33. The number of likely N-dealkylation sites (N-methyl/N-ethyl adjacent to an activating group) is 1. The molecule has 0 radical (unpaired) electrons. The minimum atomic E-state index is -3.87. The number of ether oxygens (including phenoxy) is 2. The van der Waals surface area contributed by atoms with Crippen LogP contribution in [-0.2, 0) is 30.9 Å². The number of nitrogens with one attached hydrogen (secondary N) is 1. The van der Waals surface area contributed by atoms with Gasteiger partial charge in [0.05, 0.1) is 11.5 Å². The van der Waals surface area contributed by atoms with E-state index >= 15 is 0 Å². The highest BCUT2D eigenvalue weighted by Gasteiger charge is 2.18. The normalized spacial score (nSPS) is 11.0. The molecule has 2 aromatic rings. The summed E-state index contributed by atoms with van der Waals surface area (Å²) >= 11 is 3.19. The predicted molar refractivity (Wildman–Crippen MR) is 114 cm³/mol. The minimum absolute atomic E-state index is 0.0100. The maximum Gasteiger partial charge on any atom is 0.321 e. The van der Waals surface area contributed by atoms with Crippen LogP contribution in [0.2, 0.25) is 0 Å². The number of esters is 1. The molecule has 0 saturated carbocycles. The lowest BCUT2D eigenvalue weighted by Crippen LogP contribution is -2.34. The third kappa shape index (κ3) is 7.43. The van der Waals surface area contributed by atoms with E-state index in [4.69, 9.17) is 9.47 Å². The molecular formula is C20H23BrN2O6S. The van der Waals surface area contributed by atoms with Crippen molar-refractivity contribution in [2.24, 2.45) is 0 Å². The van der Waals surface area contributed by atoms with Crippen LogP contribution >= 0.6 is 15.9 Å². The lowest BCUT2D eigenvalue weighted by molar-refractivity contribution is -0.150. The smallest absolute Gasteiger partial charge is 0.321 e. The van der Waals surface area contributed by atoms with E-state index in [0.717, 1.165) is 11.3 Å². The van der Waals surface area contributed by atoms with Gasteiger partial charge in [0, 0.05) is 18.1 Å². The Morgan fingerprint density at radius 3 is 2.47 bits per heavy atom. The Hall–Kier alpha value is -2.43. The molecule has 1 N–H and O–H groups in total. The highest BCUT2D eigenvalue weighted by Crippen LogP contribution is 2.16. The molecule has 0 fully saturated rings. The molecule has 10 heteroatoms. The summed E-state index contributed by atoms with van der Waals surface area (Å²) in [5.41, 5.74) is 0.891. The van der Waals surface area contributed by atoms with Crippen LogP contribution in [-0.4, -0.2) is 52.0 Å². The molecule has 0 unspecified atom stereocenters. The number of benzene rings is 2. The zero-order valence-corrected chi connectivity index (χ0v) is 19.0. The monoisotopic (exact) mass is 498 g/mol. The number of hydrogen-bond donors (Lipinski definition) is 1. The summed E-state index contributed by atoms with van der Waals surface area (Å²) in [6, 6.07) is 13.4. The van der Waals surface area contributed by atoms with Crippen LogP contribution in [0.4, 0.5) is 0 Å². The van der Waals surface area contributed by atoms with Crippen LogP contribution in [0.3, 0.4) is 0 Å². The molecule has 8 nitrogen and oxygen atoms in total. The van der Waals surface area contributed by atoms with Crippen molar-refractivity contribution in [3.8, 4) is 5.75 Å². The molecule has 0 aliphatic carbocycles. The number of nitrogens with zero attached hydrogens (tertiary/aromatic N) is 1. The SMILES string of the molecule is CCOc1ccc(CN(C)C(=O)COC(=O)CNS(=O)(=O)c2cccc(Br)c2)cc1. The van der Waals surface area contributed by atoms with Crippen LogP contribution in [0.1, 0.15) is 12.5 Å². The van der Waals surface area contributed by atoms with Crippen molar-refractivity contribution < 1.29 is 27.5 Å². The van der Waals surface area contributed by atoms with E-state index in [-0.39, 0.29) is 4.90 Å². The van der Waals surface area contributed by atoms with Crippen LogP contribution in [0.5, 0.6) is 5.75 Å². The van der Waals surface area contributed by atoms with Gasteiger partial charge < -0.3 is 14.4 Å². The number of hydrogen-bond acceptors (Lipinski definition) is 6. The Labute approximate surface area is 184 Å². The molecule has 30 heavy (non-hydrogen) atoms. The van der Waals surface area contributed by atoms with Gasteiger partial charge in [0.1, 0.15) is 12.3 Å². The molecule has 2 aromatic carbocycles. The van der Waals surface area contributed by atoms with E-state index in [0.29, 0.717) is 17.6 Å². The molecule has 0 aliphatic heterocycles. The fourth-order valence-electron chi connectivity index (χ4n) is 2.39. The summed E-state index contributed by atoms with van der Waals surface area (Å²) in [4.78, 5) is 25.4. The summed E-state index contributed by atoms with van der Waals surface area (Å²) in [6.45, 7) is 1.74. The number of carbonyl (C=O) groups is 2. The van der Waals surface area contributed by atoms with Crippen molar-refractivity contribution >= 4 is 37.8 Å². The van der Waals surface area contributed by atoms with Gasteiger partial charge in [-0.2, -0.15) is 4.72 Å². The second-order valence-corrected chi connectivity index (χ2v) is 8.95. The van der Waals surface area contributed by atoms with Crippen molar-refractivity contribution in [1.29, 1.82) is 0 Å². The number of rotatable bonds is 10. The third-order valence-corrected chi connectivity index (χ3v) is 5.84. The van der Waals surface area contributed by atoms with Gasteiger partial charge >= 0.3 is 5.97 Å². The zero-order valence-electron chi connectivity index (χ0n) is 16.6. The van der Waals surface area contributed by atoms with Crippen LogP contribution in [0.15, 0.2) is 57.9 Å². The first-order valence-corrected chi connectivity index (χ1v) is 11.4. The Bertz CT molecular complexity index is 979. The van der Waals surface area contributed by atoms with Gasteiger partial charge in [0.25, 0.3) is 5.91 Å². The highest BCUT2D eigenvalue weighted by molar-refractivity contribution is 9.10. The Morgan fingerprint density at radius 1 is 1.13 bits per heavy atom. The molecule has 0 aromatic heterocycles. The summed E-state index contributed by atoms with van der Waals surface area (Å²) in [5, 5.41) is 0. The van der Waals surface area contributed by atoms with Crippen molar-refractivity contribution in [3.63, 3.8) is 0 Å². The molecular weight excluding hydrogens is 476 g/mol. The fraction of sp³-hybridized carbons (Fsp3) is 0.300. The standard InChI is InChI=1S/C20H23BrN2O6S/c1-3-28-17-9-7-15(8-10-17)13-23(2)19(24)14-29-20(25)12-22-30(26,27)18-6-4-5-16(21)11-18/h4-11,22H,3,12-14H2,1-2H3. The van der Waals surface area contributed by atoms with E-state index in [2.05, 4.69) is 20.7 Å². The second-order valence-electron chi connectivity index (χ2n) is 6.27. The first kappa shape index (κ1) is 23.8. The number of halogens is 1. The Kier molecular flexibility index (Phi) is 8.82. The first-order valence-electron chi connectivity index (χ1n) is 9.08. The molecule has 0 saturated heterocycles. The van der Waals surface area contributed by atoms with Crippen molar-refractivity contribution in [1.82, 2.24) is 9.62 Å².